The van der Waals surface area contributed by atoms with Crippen molar-refractivity contribution in [3.8, 4) is 5.75 Å². The summed E-state index contributed by atoms with van der Waals surface area (Å²) in [6.07, 6.45) is -0.429. The van der Waals surface area contributed by atoms with Crippen LogP contribution in [0.1, 0.15) is 13.3 Å². The third-order valence-corrected chi connectivity index (χ3v) is 5.40. The van der Waals surface area contributed by atoms with Crippen LogP contribution in [-0.4, -0.2) is 37.6 Å². The molecule has 0 spiro atoms. The van der Waals surface area contributed by atoms with E-state index in [1.54, 1.807) is 19.1 Å². The number of carboxylic acids is 1. The van der Waals surface area contributed by atoms with Crippen LogP contribution in [0, 0.1) is 10.1 Å². The van der Waals surface area contributed by atoms with E-state index < -0.39 is 27.3 Å². The number of benzene rings is 2. The van der Waals surface area contributed by atoms with Gasteiger partial charge in [0.15, 0.2) is 0 Å². The van der Waals surface area contributed by atoms with E-state index in [1.165, 1.54) is 30.3 Å². The van der Waals surface area contributed by atoms with E-state index in [0.29, 0.717) is 12.4 Å². The Morgan fingerprint density at radius 1 is 1.22 bits per heavy atom. The van der Waals surface area contributed by atoms with Crippen LogP contribution in [0.5, 0.6) is 5.75 Å². The van der Waals surface area contributed by atoms with Crippen molar-refractivity contribution in [1.82, 2.24) is 0 Å². The van der Waals surface area contributed by atoms with Crippen LogP contribution in [0.25, 0.3) is 0 Å². The molecule has 0 radical (unpaired) electrons. The highest BCUT2D eigenvalue weighted by molar-refractivity contribution is 7.92. The molecule has 27 heavy (non-hydrogen) atoms. The first-order valence-corrected chi connectivity index (χ1v) is 9.41. The van der Waals surface area contributed by atoms with Gasteiger partial charge in [-0.25, -0.2) is 8.42 Å². The Kier molecular flexibility index (Phi) is 6.35. The van der Waals surface area contributed by atoms with Crippen LogP contribution in [0.4, 0.5) is 11.4 Å². The molecule has 0 saturated heterocycles. The highest BCUT2D eigenvalue weighted by Gasteiger charge is 2.27. The Balaban J connectivity index is 2.46. The molecule has 0 fully saturated rings. The summed E-state index contributed by atoms with van der Waals surface area (Å²) < 4.78 is 32.2. The first-order chi connectivity index (χ1) is 12.8. The van der Waals surface area contributed by atoms with Crippen molar-refractivity contribution in [3.63, 3.8) is 0 Å². The normalized spacial score (nSPS) is 11.0. The second-order valence-electron chi connectivity index (χ2n) is 5.40. The first kappa shape index (κ1) is 20.2. The molecule has 0 unspecified atom stereocenters. The van der Waals surface area contributed by atoms with Crippen LogP contribution in [0.2, 0.25) is 0 Å². The van der Waals surface area contributed by atoms with Gasteiger partial charge in [-0.05, 0) is 37.3 Å². The van der Waals surface area contributed by atoms with Gasteiger partial charge in [-0.2, -0.15) is 0 Å². The second-order valence-corrected chi connectivity index (χ2v) is 7.26. The summed E-state index contributed by atoms with van der Waals surface area (Å²) in [6.45, 7) is 1.92. The summed E-state index contributed by atoms with van der Waals surface area (Å²) >= 11 is 0. The predicted molar refractivity (Wildman–Crippen MR) is 97.5 cm³/mol. The van der Waals surface area contributed by atoms with Crippen LogP contribution in [0.3, 0.4) is 0 Å². The number of nitro groups is 1. The van der Waals surface area contributed by atoms with Crippen molar-refractivity contribution >= 4 is 27.4 Å². The van der Waals surface area contributed by atoms with Crippen molar-refractivity contribution in [2.24, 2.45) is 0 Å². The largest absolute Gasteiger partial charge is 0.494 e. The quantitative estimate of drug-likeness (QED) is 0.511. The van der Waals surface area contributed by atoms with Gasteiger partial charge in [0.05, 0.1) is 28.5 Å². The lowest BCUT2D eigenvalue weighted by Gasteiger charge is -2.24. The Bertz CT molecular complexity index is 927. The molecule has 0 saturated carbocycles. The lowest BCUT2D eigenvalue weighted by Crippen LogP contribution is -2.33. The lowest BCUT2D eigenvalue weighted by molar-refractivity contribution is -0.385. The minimum absolute atomic E-state index is 0.228. The van der Waals surface area contributed by atoms with Gasteiger partial charge in [-0.1, -0.05) is 6.07 Å². The number of carbonyl (C=O) groups is 1. The lowest BCUT2D eigenvalue weighted by atomic mass is 10.3. The Morgan fingerprint density at radius 2 is 1.89 bits per heavy atom. The number of anilines is 1. The van der Waals surface area contributed by atoms with Gasteiger partial charge in [0, 0.05) is 18.7 Å². The van der Waals surface area contributed by atoms with Gasteiger partial charge in [0.2, 0.25) is 0 Å². The molecular formula is C17H18N2O7S. The first-order valence-electron chi connectivity index (χ1n) is 7.97. The molecule has 0 bridgehead atoms. The maximum absolute atomic E-state index is 13.0. The zero-order valence-corrected chi connectivity index (χ0v) is 15.3. The molecule has 0 aromatic heterocycles. The van der Waals surface area contributed by atoms with E-state index in [2.05, 4.69) is 0 Å². The molecule has 0 amide bonds. The number of non-ortho nitro benzene ring substituents is 1. The summed E-state index contributed by atoms with van der Waals surface area (Å²) in [5, 5.41) is 19.9. The molecule has 0 aliphatic heterocycles. The van der Waals surface area contributed by atoms with Crippen molar-refractivity contribution in [2.75, 3.05) is 17.5 Å². The average Bonchev–Trinajstić information content (AvgIpc) is 2.63. The number of nitro benzene ring substituents is 1. The second kappa shape index (κ2) is 8.49. The molecule has 2 rings (SSSR count). The van der Waals surface area contributed by atoms with Crippen LogP contribution in [0.15, 0.2) is 53.4 Å². The van der Waals surface area contributed by atoms with Crippen molar-refractivity contribution in [1.29, 1.82) is 0 Å². The van der Waals surface area contributed by atoms with Gasteiger partial charge in [-0.15, -0.1) is 0 Å². The number of hydrogen-bond donors (Lipinski definition) is 1. The third-order valence-electron chi connectivity index (χ3n) is 3.58. The molecule has 0 heterocycles. The topological polar surface area (TPSA) is 127 Å². The number of aliphatic carboxylic acids is 1. The number of ether oxygens (including phenoxy) is 1. The van der Waals surface area contributed by atoms with Gasteiger partial charge in [0.25, 0.3) is 15.7 Å². The summed E-state index contributed by atoms with van der Waals surface area (Å²) in [4.78, 5) is 20.9. The molecular weight excluding hydrogens is 376 g/mol. The molecule has 9 nitrogen and oxygen atoms in total. The summed E-state index contributed by atoms with van der Waals surface area (Å²) in [5.74, 6) is -0.632. The smallest absolute Gasteiger partial charge is 0.305 e. The summed E-state index contributed by atoms with van der Waals surface area (Å²) in [7, 11) is -4.21. The maximum Gasteiger partial charge on any atom is 0.305 e. The van der Waals surface area contributed by atoms with Gasteiger partial charge in [-0.3, -0.25) is 19.2 Å². The van der Waals surface area contributed by atoms with E-state index in [4.69, 9.17) is 9.84 Å². The zero-order chi connectivity index (χ0) is 20.0. The van der Waals surface area contributed by atoms with Gasteiger partial charge in [0.1, 0.15) is 5.75 Å². The maximum atomic E-state index is 13.0. The SMILES string of the molecule is CCOc1ccc(N(CCC(=O)O)S(=O)(=O)c2cccc([N+](=O)[O-])c2)cc1. The van der Waals surface area contributed by atoms with Crippen LogP contribution < -0.4 is 9.04 Å². The Labute approximate surface area is 156 Å². The fourth-order valence-corrected chi connectivity index (χ4v) is 3.85. The van der Waals surface area contributed by atoms with Crippen LogP contribution in [-0.2, 0) is 14.8 Å². The van der Waals surface area contributed by atoms with Gasteiger partial charge >= 0.3 is 5.97 Å². The van der Waals surface area contributed by atoms with E-state index >= 15 is 0 Å². The van der Waals surface area contributed by atoms with E-state index in [0.717, 1.165) is 10.4 Å². The third kappa shape index (κ3) is 4.94. The highest BCUT2D eigenvalue weighted by Crippen LogP contribution is 2.27. The van der Waals surface area contributed by atoms with E-state index in [-0.39, 0.29) is 22.8 Å². The minimum Gasteiger partial charge on any atom is -0.494 e. The molecule has 0 aliphatic rings. The average molecular weight is 394 g/mol. The Hall–Kier alpha value is -3.14. The zero-order valence-electron chi connectivity index (χ0n) is 14.4. The Morgan fingerprint density at radius 3 is 2.44 bits per heavy atom. The summed E-state index contributed by atoms with van der Waals surface area (Å²) in [5.41, 5.74) is -0.146. The van der Waals surface area contributed by atoms with Crippen molar-refractivity contribution < 1.29 is 28.0 Å². The van der Waals surface area contributed by atoms with E-state index in [9.17, 15) is 23.3 Å². The number of carboxylic acid groups (broad SMARTS) is 1. The van der Waals surface area contributed by atoms with E-state index in [1.807, 2.05) is 0 Å². The predicted octanol–water partition coefficient (Wildman–Crippen LogP) is 2.66. The minimum atomic E-state index is -4.21. The fraction of sp³-hybridized carbons (Fsp3) is 0.235. The number of nitrogens with zero attached hydrogens (tertiary/aromatic N) is 2. The molecule has 2 aromatic rings. The standard InChI is InChI=1S/C17H18N2O7S/c1-2-26-15-8-6-13(7-9-15)18(11-10-17(20)21)27(24,25)16-5-3-4-14(12-16)19(22)23/h3-9,12H,2,10-11H2,1H3,(H,20,21). The molecule has 10 heteroatoms. The molecule has 144 valence electrons. The monoisotopic (exact) mass is 394 g/mol. The number of hydrogen-bond acceptors (Lipinski definition) is 6. The van der Waals surface area contributed by atoms with Crippen molar-refractivity contribution in [3.05, 3.63) is 58.6 Å². The fourth-order valence-electron chi connectivity index (χ4n) is 2.35. The highest BCUT2D eigenvalue weighted by atomic mass is 32.2. The molecule has 0 atom stereocenters. The molecule has 2 aromatic carbocycles. The molecule has 1 N–H and O–H groups in total. The van der Waals surface area contributed by atoms with Crippen LogP contribution >= 0.6 is 0 Å². The van der Waals surface area contributed by atoms with Gasteiger partial charge < -0.3 is 9.84 Å². The summed E-state index contributed by atoms with van der Waals surface area (Å²) in [6, 6.07) is 10.7. The molecule has 0 aliphatic carbocycles. The van der Waals surface area contributed by atoms with Crippen molar-refractivity contribution in [2.45, 2.75) is 18.2 Å². The number of sulfonamides is 1. The number of rotatable bonds is 9.